The maximum atomic E-state index is 13.6. The summed E-state index contributed by atoms with van der Waals surface area (Å²) in [6, 6.07) is 5.69. The number of hydrogen-bond acceptors (Lipinski definition) is 4. The summed E-state index contributed by atoms with van der Waals surface area (Å²) in [5.41, 5.74) is 0.958. The fraction of sp³-hybridized carbons (Fsp3) is 0.167. The number of aryl methyl sites for hydroxylation is 1. The number of thiophene rings is 1. The summed E-state index contributed by atoms with van der Waals surface area (Å²) in [7, 11) is -3.83. The first-order chi connectivity index (χ1) is 8.94. The SMILES string of the molecule is Cc1cccc(F)c1NS(=O)(=O)c1cc(CO)cs1. The second kappa shape index (κ2) is 5.28. The van der Waals surface area contributed by atoms with Crippen LogP contribution < -0.4 is 4.72 Å². The summed E-state index contributed by atoms with van der Waals surface area (Å²) in [5, 5.41) is 10.5. The second-order valence-electron chi connectivity index (χ2n) is 3.97. The average Bonchev–Trinajstić information content (AvgIpc) is 2.83. The predicted octanol–water partition coefficient (Wildman–Crippen LogP) is 2.49. The highest BCUT2D eigenvalue weighted by Gasteiger charge is 2.19. The van der Waals surface area contributed by atoms with Crippen LogP contribution >= 0.6 is 11.3 Å². The van der Waals surface area contributed by atoms with Gasteiger partial charge in [0.2, 0.25) is 0 Å². The van der Waals surface area contributed by atoms with Crippen molar-refractivity contribution in [1.82, 2.24) is 0 Å². The maximum Gasteiger partial charge on any atom is 0.271 e. The second-order valence-corrected chi connectivity index (χ2v) is 6.79. The third-order valence-corrected chi connectivity index (χ3v) is 5.37. The molecular weight excluding hydrogens is 289 g/mol. The number of benzene rings is 1. The van der Waals surface area contributed by atoms with Crippen LogP contribution in [0.15, 0.2) is 33.9 Å². The first kappa shape index (κ1) is 14.0. The smallest absolute Gasteiger partial charge is 0.271 e. The van der Waals surface area contributed by atoms with Crippen molar-refractivity contribution in [3.05, 3.63) is 46.6 Å². The van der Waals surface area contributed by atoms with E-state index in [-0.39, 0.29) is 16.5 Å². The van der Waals surface area contributed by atoms with E-state index in [2.05, 4.69) is 4.72 Å². The molecule has 4 nitrogen and oxygen atoms in total. The third kappa shape index (κ3) is 2.94. The standard InChI is InChI=1S/C12H12FNO3S2/c1-8-3-2-4-10(13)12(8)14-19(16,17)11-5-9(6-15)7-18-11/h2-5,7,14-15H,6H2,1H3. The normalized spacial score (nSPS) is 11.5. The molecule has 0 amide bonds. The van der Waals surface area contributed by atoms with E-state index < -0.39 is 15.8 Å². The zero-order valence-corrected chi connectivity index (χ0v) is 11.7. The van der Waals surface area contributed by atoms with Crippen molar-refractivity contribution in [2.45, 2.75) is 17.7 Å². The summed E-state index contributed by atoms with van der Waals surface area (Å²) in [4.78, 5) is 0. The monoisotopic (exact) mass is 301 g/mol. The Hall–Kier alpha value is -1.44. The van der Waals surface area contributed by atoms with Gasteiger partial charge in [0.15, 0.2) is 0 Å². The molecule has 0 aliphatic carbocycles. The zero-order valence-electron chi connectivity index (χ0n) is 10.1. The summed E-state index contributed by atoms with van der Waals surface area (Å²) in [6.45, 7) is 1.39. The molecule has 7 heteroatoms. The largest absolute Gasteiger partial charge is 0.392 e. The van der Waals surface area contributed by atoms with Crippen LogP contribution in [0.2, 0.25) is 0 Å². The highest BCUT2D eigenvalue weighted by molar-refractivity contribution is 7.94. The number of para-hydroxylation sites is 1. The van der Waals surface area contributed by atoms with Crippen molar-refractivity contribution < 1.29 is 17.9 Å². The van der Waals surface area contributed by atoms with Gasteiger partial charge in [-0.3, -0.25) is 4.72 Å². The molecule has 19 heavy (non-hydrogen) atoms. The highest BCUT2D eigenvalue weighted by Crippen LogP contribution is 2.26. The van der Waals surface area contributed by atoms with Gasteiger partial charge in [-0.15, -0.1) is 11.3 Å². The van der Waals surface area contributed by atoms with Crippen molar-refractivity contribution >= 4 is 27.0 Å². The van der Waals surface area contributed by atoms with Gasteiger partial charge in [-0.1, -0.05) is 12.1 Å². The Morgan fingerprint density at radius 1 is 1.42 bits per heavy atom. The predicted molar refractivity (Wildman–Crippen MR) is 72.2 cm³/mol. The van der Waals surface area contributed by atoms with Crippen LogP contribution in [-0.2, 0) is 16.6 Å². The number of aliphatic hydroxyl groups is 1. The van der Waals surface area contributed by atoms with Gasteiger partial charge in [0, 0.05) is 0 Å². The molecule has 1 aromatic heterocycles. The van der Waals surface area contributed by atoms with Gasteiger partial charge < -0.3 is 5.11 Å². The topological polar surface area (TPSA) is 66.4 Å². The Kier molecular flexibility index (Phi) is 3.88. The lowest BCUT2D eigenvalue weighted by molar-refractivity contribution is 0.282. The van der Waals surface area contributed by atoms with Crippen LogP contribution in [0.25, 0.3) is 0 Å². The summed E-state index contributed by atoms with van der Waals surface area (Å²) in [6.07, 6.45) is 0. The Bertz CT molecular complexity index is 675. The molecule has 2 aromatic rings. The Balaban J connectivity index is 2.36. The lowest BCUT2D eigenvalue weighted by Gasteiger charge is -2.09. The lowest BCUT2D eigenvalue weighted by Crippen LogP contribution is -2.13. The molecule has 0 aliphatic rings. The fourth-order valence-electron chi connectivity index (χ4n) is 1.52. The Labute approximate surface area is 114 Å². The Morgan fingerprint density at radius 2 is 2.16 bits per heavy atom. The molecule has 0 atom stereocenters. The van der Waals surface area contributed by atoms with Gasteiger partial charge >= 0.3 is 0 Å². The molecule has 102 valence electrons. The van der Waals surface area contributed by atoms with Crippen LogP contribution in [0.1, 0.15) is 11.1 Å². The first-order valence-corrected chi connectivity index (χ1v) is 7.76. The molecule has 1 heterocycles. The molecule has 0 fully saturated rings. The van der Waals surface area contributed by atoms with Crippen molar-refractivity contribution in [2.75, 3.05) is 4.72 Å². The summed E-state index contributed by atoms with van der Waals surface area (Å²) < 4.78 is 40.1. The number of halogens is 1. The van der Waals surface area contributed by atoms with E-state index in [0.717, 1.165) is 11.3 Å². The van der Waals surface area contributed by atoms with Crippen LogP contribution in [0.4, 0.5) is 10.1 Å². The van der Waals surface area contributed by atoms with Crippen LogP contribution in [-0.4, -0.2) is 13.5 Å². The first-order valence-electron chi connectivity index (χ1n) is 5.40. The molecule has 0 unspecified atom stereocenters. The molecule has 1 aromatic carbocycles. The number of rotatable bonds is 4. The molecule has 0 saturated carbocycles. The minimum Gasteiger partial charge on any atom is -0.392 e. The highest BCUT2D eigenvalue weighted by atomic mass is 32.2. The summed E-state index contributed by atoms with van der Waals surface area (Å²) in [5.74, 6) is -0.623. The van der Waals surface area contributed by atoms with Crippen LogP contribution in [0.5, 0.6) is 0 Å². The van der Waals surface area contributed by atoms with Gasteiger partial charge in [0.25, 0.3) is 10.0 Å². The van der Waals surface area contributed by atoms with Gasteiger partial charge in [-0.25, -0.2) is 12.8 Å². The number of nitrogens with one attached hydrogen (secondary N) is 1. The number of sulfonamides is 1. The van der Waals surface area contributed by atoms with E-state index in [1.807, 2.05) is 0 Å². The molecule has 0 saturated heterocycles. The van der Waals surface area contributed by atoms with Crippen LogP contribution in [0, 0.1) is 12.7 Å². The van der Waals surface area contributed by atoms with Gasteiger partial charge in [0.1, 0.15) is 10.0 Å². The van der Waals surface area contributed by atoms with E-state index >= 15 is 0 Å². The molecule has 2 N–H and O–H groups in total. The third-order valence-electron chi connectivity index (χ3n) is 2.54. The number of hydrogen-bond donors (Lipinski definition) is 2. The lowest BCUT2D eigenvalue weighted by atomic mass is 10.2. The van der Waals surface area contributed by atoms with Gasteiger partial charge in [-0.05, 0) is 35.6 Å². The average molecular weight is 301 g/mol. The van der Waals surface area contributed by atoms with E-state index in [1.165, 1.54) is 18.2 Å². The quantitative estimate of drug-likeness (QED) is 0.912. The van der Waals surface area contributed by atoms with Crippen molar-refractivity contribution in [3.63, 3.8) is 0 Å². The van der Waals surface area contributed by atoms with Crippen LogP contribution in [0.3, 0.4) is 0 Å². The Morgan fingerprint density at radius 3 is 2.74 bits per heavy atom. The van der Waals surface area contributed by atoms with E-state index in [0.29, 0.717) is 11.1 Å². The van der Waals surface area contributed by atoms with Gasteiger partial charge in [0.05, 0.1) is 12.3 Å². The van der Waals surface area contributed by atoms with Crippen molar-refractivity contribution in [2.24, 2.45) is 0 Å². The molecule has 0 radical (unpaired) electrons. The van der Waals surface area contributed by atoms with E-state index in [9.17, 15) is 12.8 Å². The summed E-state index contributed by atoms with van der Waals surface area (Å²) >= 11 is 0.979. The zero-order chi connectivity index (χ0) is 14.0. The van der Waals surface area contributed by atoms with E-state index in [4.69, 9.17) is 5.11 Å². The molecule has 2 rings (SSSR count). The van der Waals surface area contributed by atoms with Crippen molar-refractivity contribution in [3.8, 4) is 0 Å². The van der Waals surface area contributed by atoms with E-state index in [1.54, 1.807) is 18.4 Å². The number of anilines is 1. The van der Waals surface area contributed by atoms with Crippen molar-refractivity contribution in [1.29, 1.82) is 0 Å². The minimum atomic E-state index is -3.83. The molecule has 0 aliphatic heterocycles. The van der Waals surface area contributed by atoms with Gasteiger partial charge in [-0.2, -0.15) is 0 Å². The minimum absolute atomic E-state index is 0.0409. The molecular formula is C12H12FNO3S2. The fourth-order valence-corrected chi connectivity index (χ4v) is 3.86. The maximum absolute atomic E-state index is 13.6. The molecule has 0 bridgehead atoms. The molecule has 0 spiro atoms. The number of aliphatic hydroxyl groups excluding tert-OH is 1.